The Hall–Kier alpha value is -5.15. The van der Waals surface area contributed by atoms with Crippen LogP contribution < -0.4 is 10.6 Å². The van der Waals surface area contributed by atoms with Gasteiger partial charge in [0.1, 0.15) is 6.04 Å². The average molecular weight is 615 g/mol. The predicted octanol–water partition coefficient (Wildman–Crippen LogP) is 4.33. The van der Waals surface area contributed by atoms with Crippen LogP contribution in [0.5, 0.6) is 0 Å². The zero-order chi connectivity index (χ0) is 32.0. The van der Waals surface area contributed by atoms with Crippen LogP contribution in [0, 0.1) is 0 Å². The molecule has 2 N–H and O–H groups in total. The first-order valence-corrected chi connectivity index (χ1v) is 15.7. The molecule has 1 saturated carbocycles. The molecule has 1 aliphatic carbocycles. The van der Waals surface area contributed by atoms with Crippen molar-refractivity contribution in [1.29, 1.82) is 0 Å². The third kappa shape index (κ3) is 5.26. The molecule has 9 nitrogen and oxygen atoms in total. The van der Waals surface area contributed by atoms with E-state index in [9.17, 15) is 24.0 Å². The molecule has 2 fully saturated rings. The van der Waals surface area contributed by atoms with Crippen molar-refractivity contribution in [2.75, 3.05) is 13.6 Å². The molecule has 46 heavy (non-hydrogen) atoms. The molecule has 4 aromatic rings. The average Bonchev–Trinajstić information content (AvgIpc) is 3.85. The number of imide groups is 2. The van der Waals surface area contributed by atoms with Crippen molar-refractivity contribution in [2.45, 2.75) is 50.2 Å². The minimum absolute atomic E-state index is 0.0302. The summed E-state index contributed by atoms with van der Waals surface area (Å²) in [7, 11) is 2.20. The largest absolute Gasteiger partial charge is 0.348 e. The predicted molar refractivity (Wildman–Crippen MR) is 172 cm³/mol. The zero-order valence-corrected chi connectivity index (χ0v) is 25.5. The molecule has 0 bridgehead atoms. The van der Waals surface area contributed by atoms with E-state index in [1.165, 1.54) is 40.1 Å². The van der Waals surface area contributed by atoms with E-state index < -0.39 is 29.7 Å². The SMILES string of the molecule is CN(CCc1cccc2ccccc12)C1(c2ccc(CNC(=O)c3ccc4c(c3)C(=O)N(C3CCC(=O)NC3=O)C4=O)cc2)CC1. The third-order valence-electron chi connectivity index (χ3n) is 9.70. The summed E-state index contributed by atoms with van der Waals surface area (Å²) in [4.78, 5) is 66.3. The van der Waals surface area contributed by atoms with Crippen LogP contribution in [-0.2, 0) is 28.1 Å². The minimum Gasteiger partial charge on any atom is -0.348 e. The first kappa shape index (κ1) is 29.6. The standard InChI is InChI=1S/C37H34N4O5/c1-40(20-17-25-7-4-6-24-5-2-3-8-28(24)25)37(18-19-37)27-12-9-23(10-13-27)22-38-33(43)26-11-14-29-30(21-26)36(46)41(35(29)45)31-15-16-32(42)39-34(31)44/h2-14,21,31H,15-20,22H2,1H3,(H,38,43)(H,39,42,44). The number of fused-ring (bicyclic) bond motifs is 2. The number of hydrogen-bond acceptors (Lipinski definition) is 6. The Balaban J connectivity index is 0.969. The highest BCUT2D eigenvalue weighted by Gasteiger charge is 2.47. The second-order valence-electron chi connectivity index (χ2n) is 12.4. The van der Waals surface area contributed by atoms with Crippen molar-refractivity contribution < 1.29 is 24.0 Å². The fraction of sp³-hybridized carbons (Fsp3) is 0.270. The van der Waals surface area contributed by atoms with Crippen LogP contribution in [0.2, 0.25) is 0 Å². The summed E-state index contributed by atoms with van der Waals surface area (Å²) in [6.07, 6.45) is 3.30. The second kappa shape index (κ2) is 11.7. The van der Waals surface area contributed by atoms with Crippen molar-refractivity contribution >= 4 is 40.3 Å². The smallest absolute Gasteiger partial charge is 0.262 e. The number of nitrogens with zero attached hydrogens (tertiary/aromatic N) is 2. The van der Waals surface area contributed by atoms with Crippen LogP contribution >= 0.6 is 0 Å². The Bertz CT molecular complexity index is 1910. The summed E-state index contributed by atoms with van der Waals surface area (Å²) in [5, 5.41) is 7.67. The van der Waals surface area contributed by atoms with Gasteiger partial charge in [-0.3, -0.25) is 39.1 Å². The molecular weight excluding hydrogens is 580 g/mol. The Morgan fingerprint density at radius 1 is 0.913 bits per heavy atom. The second-order valence-corrected chi connectivity index (χ2v) is 12.4. The molecule has 0 spiro atoms. The number of benzene rings is 4. The molecule has 0 aromatic heterocycles. The van der Waals surface area contributed by atoms with Crippen molar-refractivity contribution in [3.05, 3.63) is 118 Å². The van der Waals surface area contributed by atoms with Gasteiger partial charge < -0.3 is 5.32 Å². The lowest BCUT2D eigenvalue weighted by Gasteiger charge is -2.29. The summed E-state index contributed by atoms with van der Waals surface area (Å²) in [6.45, 7) is 1.25. The lowest BCUT2D eigenvalue weighted by Crippen LogP contribution is -2.54. The van der Waals surface area contributed by atoms with E-state index in [-0.39, 0.29) is 41.0 Å². The number of nitrogens with one attached hydrogen (secondary N) is 2. The van der Waals surface area contributed by atoms with Crippen LogP contribution in [0.25, 0.3) is 10.8 Å². The van der Waals surface area contributed by atoms with Crippen LogP contribution in [0.1, 0.15) is 73.4 Å². The van der Waals surface area contributed by atoms with E-state index in [1.807, 2.05) is 12.1 Å². The topological polar surface area (TPSA) is 116 Å². The molecule has 5 amide bonds. The van der Waals surface area contributed by atoms with Crippen LogP contribution in [0.4, 0.5) is 0 Å². The van der Waals surface area contributed by atoms with E-state index in [0.29, 0.717) is 6.54 Å². The third-order valence-corrected chi connectivity index (χ3v) is 9.70. The van der Waals surface area contributed by atoms with Crippen LogP contribution in [0.3, 0.4) is 0 Å². The molecule has 2 heterocycles. The van der Waals surface area contributed by atoms with Gasteiger partial charge in [0.15, 0.2) is 0 Å². The lowest BCUT2D eigenvalue weighted by atomic mass is 9.99. The highest BCUT2D eigenvalue weighted by Crippen LogP contribution is 2.50. The molecule has 1 saturated heterocycles. The first-order valence-electron chi connectivity index (χ1n) is 15.7. The maximum atomic E-state index is 13.1. The fourth-order valence-electron chi connectivity index (χ4n) is 6.85. The van der Waals surface area contributed by atoms with Crippen molar-refractivity contribution in [1.82, 2.24) is 20.4 Å². The number of carbonyl (C=O) groups excluding carboxylic acids is 5. The van der Waals surface area contributed by atoms with Gasteiger partial charge in [-0.25, -0.2) is 0 Å². The van der Waals surface area contributed by atoms with Gasteiger partial charge in [0, 0.05) is 30.6 Å². The minimum atomic E-state index is -1.05. The first-order chi connectivity index (χ1) is 22.2. The van der Waals surface area contributed by atoms with Crippen molar-refractivity contribution in [3.63, 3.8) is 0 Å². The van der Waals surface area contributed by atoms with E-state index in [2.05, 4.69) is 77.2 Å². The van der Waals surface area contributed by atoms with Crippen LogP contribution in [-0.4, -0.2) is 59.0 Å². The van der Waals surface area contributed by atoms with E-state index in [1.54, 1.807) is 0 Å². The molecule has 4 aromatic carbocycles. The summed E-state index contributed by atoms with van der Waals surface area (Å²) in [5.74, 6) is -2.73. The Kier molecular flexibility index (Phi) is 7.49. The molecule has 2 aliphatic heterocycles. The molecule has 0 radical (unpaired) electrons. The molecule has 7 rings (SSSR count). The molecule has 232 valence electrons. The van der Waals surface area contributed by atoms with Crippen molar-refractivity contribution in [3.8, 4) is 0 Å². The summed E-state index contributed by atoms with van der Waals surface area (Å²) >= 11 is 0. The molecule has 1 atom stereocenters. The fourth-order valence-corrected chi connectivity index (χ4v) is 6.85. The highest BCUT2D eigenvalue weighted by atomic mass is 16.2. The maximum absolute atomic E-state index is 13.1. The molecule has 3 aliphatic rings. The molecular formula is C37H34N4O5. The number of likely N-dealkylation sites (N-methyl/N-ethyl adjacent to an activating group) is 1. The number of rotatable bonds is 9. The van der Waals surface area contributed by atoms with Gasteiger partial charge in [-0.15, -0.1) is 0 Å². The summed E-state index contributed by atoms with van der Waals surface area (Å²) in [5.41, 5.74) is 4.06. The number of amides is 5. The quantitative estimate of drug-likeness (QED) is 0.271. The Labute approximate surface area is 266 Å². The normalized spacial score (nSPS) is 18.6. The summed E-state index contributed by atoms with van der Waals surface area (Å²) in [6, 6.07) is 26.7. The number of carbonyl (C=O) groups is 5. The van der Waals surface area contributed by atoms with Gasteiger partial charge >= 0.3 is 0 Å². The Morgan fingerprint density at radius 3 is 2.41 bits per heavy atom. The summed E-state index contributed by atoms with van der Waals surface area (Å²) < 4.78 is 0. The van der Waals surface area contributed by atoms with Crippen molar-refractivity contribution in [2.24, 2.45) is 0 Å². The van der Waals surface area contributed by atoms with Gasteiger partial charge in [0.2, 0.25) is 11.8 Å². The van der Waals surface area contributed by atoms with Gasteiger partial charge in [-0.1, -0.05) is 66.7 Å². The lowest BCUT2D eigenvalue weighted by molar-refractivity contribution is -0.136. The van der Waals surface area contributed by atoms with Crippen LogP contribution in [0.15, 0.2) is 84.9 Å². The highest BCUT2D eigenvalue weighted by molar-refractivity contribution is 6.24. The molecule has 1 unspecified atom stereocenters. The van der Waals surface area contributed by atoms with Gasteiger partial charge in [0.25, 0.3) is 17.7 Å². The monoisotopic (exact) mass is 614 g/mol. The van der Waals surface area contributed by atoms with Gasteiger partial charge in [0.05, 0.1) is 11.1 Å². The Morgan fingerprint density at radius 2 is 1.65 bits per heavy atom. The maximum Gasteiger partial charge on any atom is 0.262 e. The van der Waals surface area contributed by atoms with E-state index >= 15 is 0 Å². The van der Waals surface area contributed by atoms with E-state index in [0.717, 1.165) is 36.3 Å². The van der Waals surface area contributed by atoms with E-state index in [4.69, 9.17) is 0 Å². The number of hydrogen-bond donors (Lipinski definition) is 2. The number of piperidine rings is 1. The van der Waals surface area contributed by atoms with Gasteiger partial charge in [-0.05, 0) is 78.4 Å². The van der Waals surface area contributed by atoms with Gasteiger partial charge in [-0.2, -0.15) is 0 Å². The molecule has 9 heteroatoms. The zero-order valence-electron chi connectivity index (χ0n) is 25.5.